The molecule has 0 aliphatic rings. The summed E-state index contributed by atoms with van der Waals surface area (Å²) in [6, 6.07) is 16.5. The number of nitrogens with one attached hydrogen (secondary N) is 2. The average molecular weight is 377 g/mol. The van der Waals surface area contributed by atoms with Crippen molar-refractivity contribution in [3.05, 3.63) is 60.2 Å². The summed E-state index contributed by atoms with van der Waals surface area (Å²) >= 11 is 0. The van der Waals surface area contributed by atoms with Crippen LogP contribution in [0.15, 0.2) is 54.6 Å². The number of anilines is 1. The first-order chi connectivity index (χ1) is 13.0. The van der Waals surface area contributed by atoms with E-state index in [0.717, 1.165) is 24.2 Å². The van der Waals surface area contributed by atoms with Gasteiger partial charge in [0.1, 0.15) is 12.4 Å². The van der Waals surface area contributed by atoms with E-state index in [1.165, 1.54) is 0 Å². The van der Waals surface area contributed by atoms with Gasteiger partial charge in [-0.05, 0) is 36.2 Å². The number of carbonyl (C=O) groups is 1. The lowest BCUT2D eigenvalue weighted by atomic mass is 10.2. The van der Waals surface area contributed by atoms with Crippen LogP contribution in [0.1, 0.15) is 12.0 Å². The highest BCUT2D eigenvalue weighted by Gasteiger charge is 2.05. The predicted molar refractivity (Wildman–Crippen MR) is 103 cm³/mol. The second-order valence-corrected chi connectivity index (χ2v) is 6.07. The van der Waals surface area contributed by atoms with Gasteiger partial charge in [0.2, 0.25) is 0 Å². The fourth-order valence-corrected chi connectivity index (χ4v) is 2.48. The van der Waals surface area contributed by atoms with E-state index in [4.69, 9.17) is 4.74 Å². The largest absolute Gasteiger partial charge is 0.488 e. The molecule has 0 radical (unpaired) electrons. The molecule has 2 aromatic rings. The third kappa shape index (κ3) is 7.94. The van der Waals surface area contributed by atoms with E-state index in [1.807, 2.05) is 37.4 Å². The van der Waals surface area contributed by atoms with Gasteiger partial charge in [-0.3, -0.25) is 0 Å². The van der Waals surface area contributed by atoms with Gasteiger partial charge in [0.15, 0.2) is 0 Å². The summed E-state index contributed by atoms with van der Waals surface area (Å²) in [5.41, 5.74) is 1.91. The van der Waals surface area contributed by atoms with Crippen LogP contribution in [0.25, 0.3) is 0 Å². The highest BCUT2D eigenvalue weighted by atomic mass is 19.3. The minimum atomic E-state index is -2.52. The van der Waals surface area contributed by atoms with Crippen LogP contribution in [0.5, 0.6) is 5.75 Å². The Morgan fingerprint density at radius 2 is 1.89 bits per heavy atom. The zero-order valence-corrected chi connectivity index (χ0v) is 15.3. The SMILES string of the molecule is CN(CCCNC(=O)NCc1cccc(OCC(F)F)c1)c1ccccc1. The average Bonchev–Trinajstić information content (AvgIpc) is 2.69. The fraction of sp³-hybridized carbons (Fsp3) is 0.350. The van der Waals surface area contributed by atoms with E-state index in [0.29, 0.717) is 18.8 Å². The lowest BCUT2D eigenvalue weighted by molar-refractivity contribution is 0.0818. The van der Waals surface area contributed by atoms with Crippen molar-refractivity contribution in [2.45, 2.75) is 19.4 Å². The standard InChI is InChI=1S/C20H25F2N3O2/c1-25(17-8-3-2-4-9-17)12-6-11-23-20(26)24-14-16-7-5-10-18(13-16)27-15-19(21)22/h2-5,7-10,13,19H,6,11-12,14-15H2,1H3,(H2,23,24,26). The molecule has 7 heteroatoms. The molecule has 0 heterocycles. The quantitative estimate of drug-likeness (QED) is 0.622. The van der Waals surface area contributed by atoms with Crippen LogP contribution in [0.2, 0.25) is 0 Å². The first-order valence-corrected chi connectivity index (χ1v) is 8.82. The van der Waals surface area contributed by atoms with Crippen LogP contribution in [-0.2, 0) is 6.54 Å². The molecule has 0 aliphatic carbocycles. The Bertz CT molecular complexity index is 699. The minimum absolute atomic E-state index is 0.267. The van der Waals surface area contributed by atoms with E-state index in [2.05, 4.69) is 15.5 Å². The van der Waals surface area contributed by atoms with Crippen molar-refractivity contribution in [2.75, 3.05) is 31.6 Å². The monoisotopic (exact) mass is 377 g/mol. The van der Waals surface area contributed by atoms with Gasteiger partial charge in [0.05, 0.1) is 0 Å². The first kappa shape index (κ1) is 20.5. The molecule has 146 valence electrons. The van der Waals surface area contributed by atoms with E-state index in [9.17, 15) is 13.6 Å². The number of hydrogen-bond acceptors (Lipinski definition) is 3. The molecular formula is C20H25F2N3O2. The van der Waals surface area contributed by atoms with Crippen molar-refractivity contribution in [1.29, 1.82) is 0 Å². The molecule has 0 aromatic heterocycles. The van der Waals surface area contributed by atoms with Gasteiger partial charge >= 0.3 is 6.03 Å². The summed E-state index contributed by atoms with van der Waals surface area (Å²) < 4.78 is 29.3. The van der Waals surface area contributed by atoms with Gasteiger partial charge in [-0.1, -0.05) is 30.3 Å². The summed E-state index contributed by atoms with van der Waals surface area (Å²) in [7, 11) is 2.01. The Balaban J connectivity index is 1.64. The molecule has 2 rings (SSSR count). The summed E-state index contributed by atoms with van der Waals surface area (Å²) in [6.45, 7) is 1.03. The van der Waals surface area contributed by atoms with Gasteiger partial charge in [0, 0.05) is 32.4 Å². The molecular weight excluding hydrogens is 352 g/mol. The van der Waals surface area contributed by atoms with Crippen molar-refractivity contribution in [2.24, 2.45) is 0 Å². The van der Waals surface area contributed by atoms with Gasteiger partial charge in [0.25, 0.3) is 6.43 Å². The highest BCUT2D eigenvalue weighted by Crippen LogP contribution is 2.14. The van der Waals surface area contributed by atoms with Gasteiger partial charge in [-0.15, -0.1) is 0 Å². The second kappa shape index (κ2) is 11.0. The number of alkyl halides is 2. The number of carbonyl (C=O) groups excluding carboxylic acids is 1. The normalized spacial score (nSPS) is 10.5. The maximum absolute atomic E-state index is 12.2. The number of para-hydroxylation sites is 1. The van der Waals surface area contributed by atoms with E-state index >= 15 is 0 Å². The summed E-state index contributed by atoms with van der Waals surface area (Å²) in [5, 5.41) is 5.55. The van der Waals surface area contributed by atoms with Gasteiger partial charge < -0.3 is 20.3 Å². The van der Waals surface area contributed by atoms with Crippen molar-refractivity contribution >= 4 is 11.7 Å². The molecule has 5 nitrogen and oxygen atoms in total. The summed E-state index contributed by atoms with van der Waals surface area (Å²) in [4.78, 5) is 14.0. The Kier molecular flexibility index (Phi) is 8.35. The van der Waals surface area contributed by atoms with Crippen molar-refractivity contribution in [1.82, 2.24) is 10.6 Å². The molecule has 27 heavy (non-hydrogen) atoms. The zero-order valence-electron chi connectivity index (χ0n) is 15.3. The predicted octanol–water partition coefficient (Wildman–Crippen LogP) is 3.66. The molecule has 0 saturated heterocycles. The molecule has 2 N–H and O–H groups in total. The zero-order chi connectivity index (χ0) is 19.5. The summed E-state index contributed by atoms with van der Waals surface area (Å²) in [5.74, 6) is 0.360. The number of urea groups is 1. The molecule has 0 fully saturated rings. The van der Waals surface area contributed by atoms with Crippen molar-refractivity contribution in [3.8, 4) is 5.75 Å². The molecule has 0 aliphatic heterocycles. The molecule has 0 atom stereocenters. The first-order valence-electron chi connectivity index (χ1n) is 8.82. The Morgan fingerprint density at radius 1 is 1.11 bits per heavy atom. The Morgan fingerprint density at radius 3 is 2.63 bits per heavy atom. The lowest BCUT2D eigenvalue weighted by Crippen LogP contribution is -2.36. The van der Waals surface area contributed by atoms with Gasteiger partial charge in [-0.25, -0.2) is 13.6 Å². The minimum Gasteiger partial charge on any atom is -0.488 e. The van der Waals surface area contributed by atoms with E-state index in [-0.39, 0.29) is 6.03 Å². The molecule has 0 spiro atoms. The fourth-order valence-electron chi connectivity index (χ4n) is 2.48. The molecule has 2 amide bonds. The number of ether oxygens (including phenoxy) is 1. The number of hydrogen-bond donors (Lipinski definition) is 2. The number of nitrogens with zero attached hydrogens (tertiary/aromatic N) is 1. The third-order valence-corrected chi connectivity index (χ3v) is 3.88. The highest BCUT2D eigenvalue weighted by molar-refractivity contribution is 5.73. The molecule has 0 saturated carbocycles. The number of amides is 2. The number of benzene rings is 2. The van der Waals surface area contributed by atoms with Crippen LogP contribution in [0.3, 0.4) is 0 Å². The molecule has 0 bridgehead atoms. The van der Waals surface area contributed by atoms with E-state index < -0.39 is 13.0 Å². The van der Waals surface area contributed by atoms with Crippen molar-refractivity contribution < 1.29 is 18.3 Å². The lowest BCUT2D eigenvalue weighted by Gasteiger charge is -2.19. The molecule has 2 aromatic carbocycles. The van der Waals surface area contributed by atoms with Gasteiger partial charge in [-0.2, -0.15) is 0 Å². The maximum atomic E-state index is 12.2. The smallest absolute Gasteiger partial charge is 0.315 e. The second-order valence-electron chi connectivity index (χ2n) is 6.07. The van der Waals surface area contributed by atoms with E-state index in [1.54, 1.807) is 24.3 Å². The Labute approximate surface area is 158 Å². The third-order valence-electron chi connectivity index (χ3n) is 3.88. The summed E-state index contributed by atoms with van der Waals surface area (Å²) in [6.07, 6.45) is -1.70. The number of halogens is 2. The topological polar surface area (TPSA) is 53.6 Å². The number of rotatable bonds is 10. The van der Waals surface area contributed by atoms with Crippen LogP contribution in [0, 0.1) is 0 Å². The molecule has 0 unspecified atom stereocenters. The van der Waals surface area contributed by atoms with Crippen LogP contribution in [-0.4, -0.2) is 39.2 Å². The van der Waals surface area contributed by atoms with Crippen LogP contribution in [0.4, 0.5) is 19.3 Å². The van der Waals surface area contributed by atoms with Crippen LogP contribution < -0.4 is 20.3 Å². The van der Waals surface area contributed by atoms with Crippen molar-refractivity contribution in [3.63, 3.8) is 0 Å². The van der Waals surface area contributed by atoms with Crippen LogP contribution >= 0.6 is 0 Å². The maximum Gasteiger partial charge on any atom is 0.315 e. The Hall–Kier alpha value is -2.83.